The van der Waals surface area contributed by atoms with E-state index < -0.39 is 0 Å². The van der Waals surface area contributed by atoms with Crippen LogP contribution in [0.25, 0.3) is 0 Å². The van der Waals surface area contributed by atoms with E-state index in [1.807, 2.05) is 9.80 Å². The Kier molecular flexibility index (Phi) is 4.03. The van der Waals surface area contributed by atoms with Crippen molar-refractivity contribution in [2.45, 2.75) is 6.92 Å². The molecular formula is C12H18N4O3. The van der Waals surface area contributed by atoms with E-state index in [0.717, 1.165) is 0 Å². The Labute approximate surface area is 112 Å². The summed E-state index contributed by atoms with van der Waals surface area (Å²) in [5.41, 5.74) is 0. The van der Waals surface area contributed by atoms with Crippen molar-refractivity contribution in [3.8, 4) is 11.8 Å². The SMILES string of the molecule is COc1cc(OC)nc(N2CCN(C(C)=O)CC2)n1. The van der Waals surface area contributed by atoms with Gasteiger partial charge in [-0.15, -0.1) is 0 Å². The Morgan fingerprint density at radius 3 is 2.05 bits per heavy atom. The van der Waals surface area contributed by atoms with Crippen LogP contribution in [0.15, 0.2) is 6.07 Å². The Morgan fingerprint density at radius 1 is 1.11 bits per heavy atom. The fraction of sp³-hybridized carbons (Fsp3) is 0.583. The number of aromatic nitrogens is 2. The Bertz CT molecular complexity index is 436. The molecule has 2 rings (SSSR count). The highest BCUT2D eigenvalue weighted by Gasteiger charge is 2.21. The maximum Gasteiger partial charge on any atom is 0.232 e. The molecular weight excluding hydrogens is 248 g/mol. The molecule has 0 bridgehead atoms. The molecule has 1 amide bonds. The average molecular weight is 266 g/mol. The molecule has 2 heterocycles. The molecule has 19 heavy (non-hydrogen) atoms. The summed E-state index contributed by atoms with van der Waals surface area (Å²) in [7, 11) is 3.11. The van der Waals surface area contributed by atoms with Gasteiger partial charge in [0.25, 0.3) is 0 Å². The molecule has 1 aliphatic rings. The smallest absolute Gasteiger partial charge is 0.232 e. The minimum absolute atomic E-state index is 0.101. The van der Waals surface area contributed by atoms with Gasteiger partial charge >= 0.3 is 0 Å². The molecule has 0 aromatic carbocycles. The van der Waals surface area contributed by atoms with Crippen molar-refractivity contribution in [2.75, 3.05) is 45.3 Å². The summed E-state index contributed by atoms with van der Waals surface area (Å²) < 4.78 is 10.3. The molecule has 1 saturated heterocycles. The third kappa shape index (κ3) is 3.04. The third-order valence-electron chi connectivity index (χ3n) is 3.09. The van der Waals surface area contributed by atoms with E-state index in [-0.39, 0.29) is 5.91 Å². The van der Waals surface area contributed by atoms with Crippen LogP contribution in [0.4, 0.5) is 5.95 Å². The van der Waals surface area contributed by atoms with Crippen LogP contribution in [-0.4, -0.2) is 61.2 Å². The molecule has 1 aliphatic heterocycles. The first-order valence-corrected chi connectivity index (χ1v) is 6.11. The first-order chi connectivity index (χ1) is 9.13. The first-order valence-electron chi connectivity index (χ1n) is 6.11. The van der Waals surface area contributed by atoms with Crippen molar-refractivity contribution in [3.63, 3.8) is 0 Å². The molecule has 0 spiro atoms. The zero-order valence-corrected chi connectivity index (χ0v) is 11.4. The van der Waals surface area contributed by atoms with E-state index >= 15 is 0 Å². The number of carbonyl (C=O) groups is 1. The lowest BCUT2D eigenvalue weighted by Crippen LogP contribution is -2.48. The zero-order valence-electron chi connectivity index (χ0n) is 11.4. The molecule has 0 aliphatic carbocycles. The number of ether oxygens (including phenoxy) is 2. The second-order valence-corrected chi connectivity index (χ2v) is 4.25. The third-order valence-corrected chi connectivity index (χ3v) is 3.09. The predicted molar refractivity (Wildman–Crippen MR) is 69.6 cm³/mol. The lowest BCUT2D eigenvalue weighted by Gasteiger charge is -2.34. The summed E-state index contributed by atoms with van der Waals surface area (Å²) in [6, 6.07) is 1.63. The molecule has 7 heteroatoms. The van der Waals surface area contributed by atoms with Gasteiger partial charge in [-0.1, -0.05) is 0 Å². The van der Waals surface area contributed by atoms with Crippen LogP contribution in [-0.2, 0) is 4.79 Å². The number of anilines is 1. The van der Waals surface area contributed by atoms with Crippen LogP contribution in [0.5, 0.6) is 11.8 Å². The number of hydrogen-bond acceptors (Lipinski definition) is 6. The molecule has 1 aromatic heterocycles. The second-order valence-electron chi connectivity index (χ2n) is 4.25. The van der Waals surface area contributed by atoms with Crippen LogP contribution in [0.2, 0.25) is 0 Å². The number of methoxy groups -OCH3 is 2. The predicted octanol–water partition coefficient (Wildman–Crippen LogP) is 0.162. The summed E-state index contributed by atoms with van der Waals surface area (Å²) >= 11 is 0. The Morgan fingerprint density at radius 2 is 1.63 bits per heavy atom. The minimum atomic E-state index is 0.101. The van der Waals surface area contributed by atoms with E-state index in [2.05, 4.69) is 9.97 Å². The van der Waals surface area contributed by atoms with E-state index in [1.54, 1.807) is 27.2 Å². The number of carbonyl (C=O) groups excluding carboxylic acids is 1. The van der Waals surface area contributed by atoms with Gasteiger partial charge in [0.2, 0.25) is 23.6 Å². The van der Waals surface area contributed by atoms with E-state index in [4.69, 9.17) is 9.47 Å². The van der Waals surface area contributed by atoms with Gasteiger partial charge in [-0.05, 0) is 0 Å². The summed E-state index contributed by atoms with van der Waals surface area (Å²) in [5.74, 6) is 1.61. The van der Waals surface area contributed by atoms with Gasteiger partial charge < -0.3 is 19.3 Å². The van der Waals surface area contributed by atoms with Crippen LogP contribution in [0.3, 0.4) is 0 Å². The lowest BCUT2D eigenvalue weighted by molar-refractivity contribution is -0.129. The number of nitrogens with zero attached hydrogens (tertiary/aromatic N) is 4. The van der Waals surface area contributed by atoms with Gasteiger partial charge in [-0.25, -0.2) is 0 Å². The molecule has 1 fully saturated rings. The molecule has 0 radical (unpaired) electrons. The topological polar surface area (TPSA) is 67.8 Å². The fourth-order valence-electron chi connectivity index (χ4n) is 1.96. The van der Waals surface area contributed by atoms with E-state index in [9.17, 15) is 4.79 Å². The van der Waals surface area contributed by atoms with E-state index in [1.165, 1.54) is 0 Å². The van der Waals surface area contributed by atoms with Crippen LogP contribution >= 0.6 is 0 Å². The largest absolute Gasteiger partial charge is 0.481 e. The molecule has 7 nitrogen and oxygen atoms in total. The number of amides is 1. The lowest BCUT2D eigenvalue weighted by atomic mass is 10.3. The van der Waals surface area contributed by atoms with Crippen molar-refractivity contribution in [3.05, 3.63) is 6.07 Å². The maximum absolute atomic E-state index is 11.3. The van der Waals surface area contributed by atoms with Crippen molar-refractivity contribution < 1.29 is 14.3 Å². The molecule has 0 saturated carbocycles. The molecule has 0 atom stereocenters. The molecule has 1 aromatic rings. The number of rotatable bonds is 3. The maximum atomic E-state index is 11.3. The van der Waals surface area contributed by atoms with Gasteiger partial charge in [-0.3, -0.25) is 4.79 Å². The quantitative estimate of drug-likeness (QED) is 0.776. The van der Waals surface area contributed by atoms with Crippen LogP contribution in [0, 0.1) is 0 Å². The second kappa shape index (κ2) is 5.73. The average Bonchev–Trinajstić information content (AvgIpc) is 2.46. The number of hydrogen-bond donors (Lipinski definition) is 0. The van der Waals surface area contributed by atoms with Crippen molar-refractivity contribution >= 4 is 11.9 Å². The highest BCUT2D eigenvalue weighted by molar-refractivity contribution is 5.73. The monoisotopic (exact) mass is 266 g/mol. The van der Waals surface area contributed by atoms with Crippen LogP contribution in [0.1, 0.15) is 6.92 Å². The van der Waals surface area contributed by atoms with Crippen molar-refractivity contribution in [2.24, 2.45) is 0 Å². The number of piperazine rings is 1. The minimum Gasteiger partial charge on any atom is -0.481 e. The van der Waals surface area contributed by atoms with Crippen LogP contribution < -0.4 is 14.4 Å². The van der Waals surface area contributed by atoms with Gasteiger partial charge in [0.1, 0.15) is 0 Å². The molecule has 0 N–H and O–H groups in total. The zero-order chi connectivity index (χ0) is 13.8. The highest BCUT2D eigenvalue weighted by atomic mass is 16.5. The standard InChI is InChI=1S/C12H18N4O3/c1-9(17)15-4-6-16(7-5-15)12-13-10(18-2)8-11(14-12)19-3/h8H,4-7H2,1-3H3. The van der Waals surface area contributed by atoms with E-state index in [0.29, 0.717) is 43.9 Å². The van der Waals surface area contributed by atoms with Crippen molar-refractivity contribution in [1.82, 2.24) is 14.9 Å². The normalized spacial score (nSPS) is 15.3. The van der Waals surface area contributed by atoms with Gasteiger partial charge in [-0.2, -0.15) is 9.97 Å². The molecule has 104 valence electrons. The Balaban J connectivity index is 2.12. The fourth-order valence-corrected chi connectivity index (χ4v) is 1.96. The van der Waals surface area contributed by atoms with Gasteiger partial charge in [0.15, 0.2) is 0 Å². The summed E-state index contributed by atoms with van der Waals surface area (Å²) in [6.45, 7) is 4.35. The first kappa shape index (κ1) is 13.4. The Hall–Kier alpha value is -2.05. The van der Waals surface area contributed by atoms with Gasteiger partial charge in [0, 0.05) is 33.1 Å². The van der Waals surface area contributed by atoms with Crippen molar-refractivity contribution in [1.29, 1.82) is 0 Å². The highest BCUT2D eigenvalue weighted by Crippen LogP contribution is 2.20. The summed E-state index contributed by atoms with van der Waals surface area (Å²) in [4.78, 5) is 23.7. The summed E-state index contributed by atoms with van der Waals surface area (Å²) in [5, 5.41) is 0. The molecule has 0 unspecified atom stereocenters. The summed E-state index contributed by atoms with van der Waals surface area (Å²) in [6.07, 6.45) is 0. The van der Waals surface area contributed by atoms with Gasteiger partial charge in [0.05, 0.1) is 20.3 Å².